The normalized spacial score (nSPS) is 10.1. The molecule has 0 radical (unpaired) electrons. The first-order chi connectivity index (χ1) is 11.4. The number of benzene rings is 2. The van der Waals surface area contributed by atoms with Gasteiger partial charge in [-0.05, 0) is 29.8 Å². The number of nitro benzene ring substituents is 1. The zero-order chi connectivity index (χ0) is 17.7. The van der Waals surface area contributed by atoms with Crippen LogP contribution in [0.2, 0.25) is 0 Å². The smallest absolute Gasteiger partial charge is 0.269 e. The molecular weight excluding hydrogens is 310 g/mol. The molecule has 2 aromatic rings. The number of hydrogen-bond acceptors (Lipinski definition) is 4. The first-order valence-electron chi connectivity index (χ1n) is 7.21. The number of nitrogens with zero attached hydrogens (tertiary/aromatic N) is 2. The van der Waals surface area contributed by atoms with Crippen molar-refractivity contribution in [2.75, 3.05) is 14.1 Å². The van der Waals surface area contributed by atoms with Crippen molar-refractivity contribution in [2.45, 2.75) is 6.54 Å². The first-order valence-corrected chi connectivity index (χ1v) is 7.21. The average Bonchev–Trinajstić information content (AvgIpc) is 2.59. The molecule has 0 spiro atoms. The maximum absolute atomic E-state index is 12.0. The van der Waals surface area contributed by atoms with E-state index in [4.69, 9.17) is 0 Å². The summed E-state index contributed by atoms with van der Waals surface area (Å²) in [5.41, 5.74) is 1.71. The van der Waals surface area contributed by atoms with Crippen LogP contribution in [0.15, 0.2) is 48.5 Å². The third kappa shape index (κ3) is 4.16. The molecule has 0 aliphatic carbocycles. The van der Waals surface area contributed by atoms with Crippen molar-refractivity contribution in [2.24, 2.45) is 0 Å². The molecule has 0 unspecified atom stereocenters. The second-order valence-corrected chi connectivity index (χ2v) is 5.38. The van der Waals surface area contributed by atoms with E-state index in [1.165, 1.54) is 29.2 Å². The Balaban J connectivity index is 1.96. The fraction of sp³-hybridized carbons (Fsp3) is 0.176. The molecule has 0 bridgehead atoms. The summed E-state index contributed by atoms with van der Waals surface area (Å²) in [4.78, 5) is 35.4. The van der Waals surface area contributed by atoms with Crippen LogP contribution in [-0.2, 0) is 6.54 Å². The van der Waals surface area contributed by atoms with Gasteiger partial charge in [0.1, 0.15) is 0 Å². The lowest BCUT2D eigenvalue weighted by Crippen LogP contribution is -2.23. The summed E-state index contributed by atoms with van der Waals surface area (Å²) in [5, 5.41) is 13.3. The van der Waals surface area contributed by atoms with Gasteiger partial charge in [0, 0.05) is 43.9 Å². The minimum Gasteiger partial charge on any atom is -0.348 e. The van der Waals surface area contributed by atoms with Gasteiger partial charge in [-0.1, -0.05) is 12.1 Å². The molecule has 0 atom stereocenters. The number of carbonyl (C=O) groups is 2. The molecule has 1 N–H and O–H groups in total. The largest absolute Gasteiger partial charge is 0.348 e. The van der Waals surface area contributed by atoms with Crippen molar-refractivity contribution in [1.82, 2.24) is 10.2 Å². The highest BCUT2D eigenvalue weighted by Crippen LogP contribution is 2.12. The number of amides is 2. The fourth-order valence-corrected chi connectivity index (χ4v) is 2.04. The van der Waals surface area contributed by atoms with Crippen LogP contribution in [0.1, 0.15) is 26.3 Å². The highest BCUT2D eigenvalue weighted by molar-refractivity contribution is 5.94. The molecule has 124 valence electrons. The van der Waals surface area contributed by atoms with Crippen molar-refractivity contribution < 1.29 is 14.5 Å². The molecule has 0 saturated carbocycles. The van der Waals surface area contributed by atoms with E-state index < -0.39 is 4.92 Å². The summed E-state index contributed by atoms with van der Waals surface area (Å²) in [6.07, 6.45) is 0. The molecule has 2 amide bonds. The Morgan fingerprint density at radius 3 is 2.04 bits per heavy atom. The predicted octanol–water partition coefficient (Wildman–Crippen LogP) is 2.23. The van der Waals surface area contributed by atoms with Crippen LogP contribution in [-0.4, -0.2) is 35.7 Å². The molecule has 0 saturated heterocycles. The van der Waals surface area contributed by atoms with Gasteiger partial charge >= 0.3 is 0 Å². The van der Waals surface area contributed by atoms with Gasteiger partial charge in [0.2, 0.25) is 0 Å². The molecule has 0 aromatic heterocycles. The van der Waals surface area contributed by atoms with Gasteiger partial charge in [0.05, 0.1) is 4.92 Å². The van der Waals surface area contributed by atoms with Crippen LogP contribution >= 0.6 is 0 Å². The second-order valence-electron chi connectivity index (χ2n) is 5.38. The van der Waals surface area contributed by atoms with E-state index in [1.807, 2.05) is 0 Å². The van der Waals surface area contributed by atoms with Crippen molar-refractivity contribution in [1.29, 1.82) is 0 Å². The molecule has 0 heterocycles. The van der Waals surface area contributed by atoms with Crippen LogP contribution in [0.5, 0.6) is 0 Å². The zero-order valence-corrected chi connectivity index (χ0v) is 13.4. The van der Waals surface area contributed by atoms with E-state index in [1.54, 1.807) is 38.4 Å². The summed E-state index contributed by atoms with van der Waals surface area (Å²) in [6.45, 7) is 0.298. The zero-order valence-electron chi connectivity index (χ0n) is 13.4. The average molecular weight is 327 g/mol. The van der Waals surface area contributed by atoms with Gasteiger partial charge in [0.25, 0.3) is 17.5 Å². The topological polar surface area (TPSA) is 92.6 Å². The van der Waals surface area contributed by atoms with E-state index >= 15 is 0 Å². The molecule has 24 heavy (non-hydrogen) atoms. The highest BCUT2D eigenvalue weighted by Gasteiger charge is 2.10. The molecule has 2 rings (SSSR count). The van der Waals surface area contributed by atoms with E-state index in [9.17, 15) is 19.7 Å². The number of nitro groups is 1. The van der Waals surface area contributed by atoms with Crippen LogP contribution in [0, 0.1) is 10.1 Å². The first kappa shape index (κ1) is 17.1. The van der Waals surface area contributed by atoms with Crippen molar-refractivity contribution in [3.05, 3.63) is 75.3 Å². The molecule has 0 fully saturated rings. The Kier molecular flexibility index (Phi) is 5.26. The number of carbonyl (C=O) groups excluding carboxylic acids is 2. The van der Waals surface area contributed by atoms with Crippen molar-refractivity contribution in [3.63, 3.8) is 0 Å². The van der Waals surface area contributed by atoms with Gasteiger partial charge in [-0.3, -0.25) is 19.7 Å². The van der Waals surface area contributed by atoms with Crippen molar-refractivity contribution in [3.8, 4) is 0 Å². The summed E-state index contributed by atoms with van der Waals surface area (Å²) >= 11 is 0. The fourth-order valence-electron chi connectivity index (χ4n) is 2.04. The Hall–Kier alpha value is -3.22. The summed E-state index contributed by atoms with van der Waals surface area (Å²) in [6, 6.07) is 12.3. The quantitative estimate of drug-likeness (QED) is 0.673. The summed E-state index contributed by atoms with van der Waals surface area (Å²) < 4.78 is 0. The van der Waals surface area contributed by atoms with Gasteiger partial charge < -0.3 is 10.2 Å². The Morgan fingerprint density at radius 2 is 1.54 bits per heavy atom. The highest BCUT2D eigenvalue weighted by atomic mass is 16.6. The van der Waals surface area contributed by atoms with Gasteiger partial charge in [-0.2, -0.15) is 0 Å². The number of non-ortho nitro benzene ring substituents is 1. The van der Waals surface area contributed by atoms with Crippen molar-refractivity contribution >= 4 is 17.5 Å². The monoisotopic (exact) mass is 327 g/mol. The van der Waals surface area contributed by atoms with Gasteiger partial charge in [0.15, 0.2) is 0 Å². The van der Waals surface area contributed by atoms with Crippen LogP contribution in [0.3, 0.4) is 0 Å². The minimum atomic E-state index is -0.516. The van der Waals surface area contributed by atoms with E-state index in [2.05, 4.69) is 5.32 Å². The molecular formula is C17H17N3O4. The summed E-state index contributed by atoms with van der Waals surface area (Å²) in [7, 11) is 3.36. The van der Waals surface area contributed by atoms with Gasteiger partial charge in [-0.15, -0.1) is 0 Å². The molecule has 0 aliphatic heterocycles. The van der Waals surface area contributed by atoms with Crippen LogP contribution in [0.4, 0.5) is 5.69 Å². The number of hydrogen-bond donors (Lipinski definition) is 1. The third-order valence-electron chi connectivity index (χ3n) is 3.40. The molecule has 7 nitrogen and oxygen atoms in total. The molecule has 7 heteroatoms. The Bertz CT molecular complexity index is 752. The predicted molar refractivity (Wildman–Crippen MR) is 88.7 cm³/mol. The molecule has 0 aliphatic rings. The van der Waals surface area contributed by atoms with E-state index in [-0.39, 0.29) is 17.5 Å². The standard InChI is InChI=1S/C17H17N3O4/c1-19(2)17(22)14-5-3-12(4-6-14)11-18-16(21)13-7-9-15(10-8-13)20(23)24/h3-10H,11H2,1-2H3,(H,18,21). The lowest BCUT2D eigenvalue weighted by molar-refractivity contribution is -0.384. The lowest BCUT2D eigenvalue weighted by Gasteiger charge is -2.11. The number of rotatable bonds is 5. The molecule has 2 aromatic carbocycles. The lowest BCUT2D eigenvalue weighted by atomic mass is 10.1. The number of nitrogens with one attached hydrogen (secondary N) is 1. The maximum Gasteiger partial charge on any atom is 0.269 e. The SMILES string of the molecule is CN(C)C(=O)c1ccc(CNC(=O)c2ccc([N+](=O)[O-])cc2)cc1. The van der Waals surface area contributed by atoms with E-state index in [0.717, 1.165) is 5.56 Å². The maximum atomic E-state index is 12.0. The van der Waals surface area contributed by atoms with Crippen LogP contribution < -0.4 is 5.32 Å². The Labute approximate surface area is 139 Å². The van der Waals surface area contributed by atoms with Gasteiger partial charge in [-0.25, -0.2) is 0 Å². The van der Waals surface area contributed by atoms with E-state index in [0.29, 0.717) is 17.7 Å². The third-order valence-corrected chi connectivity index (χ3v) is 3.40. The van der Waals surface area contributed by atoms with Crippen LogP contribution in [0.25, 0.3) is 0 Å². The summed E-state index contributed by atoms with van der Waals surface area (Å²) in [5.74, 6) is -0.408. The second kappa shape index (κ2) is 7.36. The Morgan fingerprint density at radius 1 is 1.00 bits per heavy atom. The minimum absolute atomic E-state index is 0.0623.